The van der Waals surface area contributed by atoms with Crippen molar-refractivity contribution in [2.75, 3.05) is 11.9 Å². The fraction of sp³-hybridized carbons (Fsp3) is 0.421. The third-order valence-corrected chi connectivity index (χ3v) is 4.63. The molecule has 23 heavy (non-hydrogen) atoms. The molecule has 0 spiro atoms. The predicted molar refractivity (Wildman–Crippen MR) is 93.6 cm³/mol. The van der Waals surface area contributed by atoms with Crippen molar-refractivity contribution in [3.8, 4) is 0 Å². The van der Waals surface area contributed by atoms with E-state index in [1.807, 2.05) is 23.1 Å². The summed E-state index contributed by atoms with van der Waals surface area (Å²) in [6.07, 6.45) is 5.08. The summed E-state index contributed by atoms with van der Waals surface area (Å²) in [7, 11) is 0. The predicted octanol–water partition coefficient (Wildman–Crippen LogP) is 4.44. The fourth-order valence-corrected chi connectivity index (χ4v) is 3.42. The maximum absolute atomic E-state index is 12.9. The maximum Gasteiger partial charge on any atom is 0.322 e. The van der Waals surface area contributed by atoms with E-state index in [-0.39, 0.29) is 12.1 Å². The van der Waals surface area contributed by atoms with Crippen molar-refractivity contribution in [2.45, 2.75) is 45.7 Å². The van der Waals surface area contributed by atoms with Gasteiger partial charge in [-0.1, -0.05) is 38.5 Å². The van der Waals surface area contributed by atoms with Gasteiger partial charge in [-0.3, -0.25) is 0 Å². The van der Waals surface area contributed by atoms with Crippen molar-refractivity contribution in [1.29, 1.82) is 0 Å². The lowest BCUT2D eigenvalue weighted by atomic mass is 10.0. The molecule has 0 aliphatic carbocycles. The van der Waals surface area contributed by atoms with Crippen molar-refractivity contribution in [2.24, 2.45) is 0 Å². The summed E-state index contributed by atoms with van der Waals surface area (Å²) in [4.78, 5) is 14.8. The lowest BCUT2D eigenvalue weighted by Gasteiger charge is -2.37. The standard InChI is InChI=1S/C19H25N3O/c1-3-8-18-17-11-7-12-21(17)13-14-22(18)19(23)20-16-10-6-5-9-15(16)4-2/h5-7,9-12,18H,3-4,8,13-14H2,1-2H3,(H,20,23)/t18-/m0/s1. The zero-order valence-corrected chi connectivity index (χ0v) is 14.0. The summed E-state index contributed by atoms with van der Waals surface area (Å²) in [6.45, 7) is 5.90. The number of hydrogen-bond donors (Lipinski definition) is 1. The zero-order valence-electron chi connectivity index (χ0n) is 14.0. The highest BCUT2D eigenvalue weighted by Gasteiger charge is 2.30. The van der Waals surface area contributed by atoms with Crippen LogP contribution in [0.2, 0.25) is 0 Å². The smallest absolute Gasteiger partial charge is 0.322 e. The molecule has 2 amide bonds. The third kappa shape index (κ3) is 3.11. The minimum absolute atomic E-state index is 0.0109. The monoisotopic (exact) mass is 311 g/mol. The fourth-order valence-electron chi connectivity index (χ4n) is 3.42. The molecule has 1 aromatic heterocycles. The zero-order chi connectivity index (χ0) is 16.2. The van der Waals surface area contributed by atoms with Gasteiger partial charge in [-0.25, -0.2) is 4.79 Å². The number of para-hydroxylation sites is 1. The summed E-state index contributed by atoms with van der Waals surface area (Å²) >= 11 is 0. The van der Waals surface area contributed by atoms with Gasteiger partial charge in [0.1, 0.15) is 0 Å². The topological polar surface area (TPSA) is 37.3 Å². The van der Waals surface area contributed by atoms with Crippen molar-refractivity contribution in [3.05, 3.63) is 53.9 Å². The van der Waals surface area contributed by atoms with Crippen molar-refractivity contribution >= 4 is 11.7 Å². The second kappa shape index (κ2) is 6.90. The number of amides is 2. The first kappa shape index (κ1) is 15.7. The minimum Gasteiger partial charge on any atom is -0.348 e. The summed E-state index contributed by atoms with van der Waals surface area (Å²) < 4.78 is 2.27. The number of nitrogens with zero attached hydrogens (tertiary/aromatic N) is 2. The molecule has 2 aromatic rings. The molecule has 2 heterocycles. The third-order valence-electron chi connectivity index (χ3n) is 4.63. The number of nitrogens with one attached hydrogen (secondary N) is 1. The lowest BCUT2D eigenvalue weighted by molar-refractivity contribution is 0.163. The summed E-state index contributed by atoms with van der Waals surface area (Å²) in [5.41, 5.74) is 3.35. The van der Waals surface area contributed by atoms with Gasteiger partial charge in [0.05, 0.1) is 6.04 Å². The van der Waals surface area contributed by atoms with E-state index in [1.54, 1.807) is 0 Å². The first-order valence-corrected chi connectivity index (χ1v) is 8.55. The van der Waals surface area contributed by atoms with E-state index in [4.69, 9.17) is 0 Å². The molecule has 0 saturated heterocycles. The number of carbonyl (C=O) groups is 1. The van der Waals surface area contributed by atoms with Gasteiger partial charge < -0.3 is 14.8 Å². The Labute approximate surface area is 138 Å². The van der Waals surface area contributed by atoms with Crippen LogP contribution in [0.15, 0.2) is 42.6 Å². The highest BCUT2D eigenvalue weighted by Crippen LogP contribution is 2.30. The molecule has 0 unspecified atom stereocenters. The summed E-state index contributed by atoms with van der Waals surface area (Å²) in [5.74, 6) is 0. The van der Waals surface area contributed by atoms with Crippen molar-refractivity contribution in [3.63, 3.8) is 0 Å². The van der Waals surface area contributed by atoms with Crippen LogP contribution in [0.5, 0.6) is 0 Å². The quantitative estimate of drug-likeness (QED) is 0.890. The van der Waals surface area contributed by atoms with Crippen LogP contribution < -0.4 is 5.32 Å². The number of aryl methyl sites for hydroxylation is 1. The molecule has 0 radical (unpaired) electrons. The van der Waals surface area contributed by atoms with Crippen molar-refractivity contribution < 1.29 is 4.79 Å². The van der Waals surface area contributed by atoms with E-state index in [2.05, 4.69) is 48.1 Å². The van der Waals surface area contributed by atoms with Crippen molar-refractivity contribution in [1.82, 2.24) is 9.47 Å². The first-order chi connectivity index (χ1) is 11.2. The Morgan fingerprint density at radius 1 is 1.17 bits per heavy atom. The van der Waals surface area contributed by atoms with Crippen LogP contribution in [-0.2, 0) is 13.0 Å². The second-order valence-corrected chi connectivity index (χ2v) is 6.07. The molecule has 0 fully saturated rings. The van der Waals surface area contributed by atoms with E-state index in [0.717, 1.165) is 38.0 Å². The van der Waals surface area contributed by atoms with Gasteiger partial charge in [0.2, 0.25) is 0 Å². The molecule has 1 aromatic carbocycles. The van der Waals surface area contributed by atoms with E-state index in [1.165, 1.54) is 11.3 Å². The van der Waals surface area contributed by atoms with Gasteiger partial charge in [0.25, 0.3) is 0 Å². The van der Waals surface area contributed by atoms with Gasteiger partial charge in [-0.05, 0) is 36.6 Å². The Balaban J connectivity index is 1.81. The SMILES string of the molecule is CCC[C@H]1c2cccn2CCN1C(=O)Nc1ccccc1CC. The van der Waals surface area contributed by atoms with Crippen LogP contribution in [0, 0.1) is 0 Å². The van der Waals surface area contributed by atoms with E-state index in [9.17, 15) is 4.79 Å². The average Bonchev–Trinajstić information content (AvgIpc) is 3.05. The van der Waals surface area contributed by atoms with Gasteiger partial charge in [0, 0.05) is 30.7 Å². The number of aromatic nitrogens is 1. The Kier molecular flexibility index (Phi) is 4.70. The molecule has 0 saturated carbocycles. The average molecular weight is 311 g/mol. The Morgan fingerprint density at radius 3 is 2.78 bits per heavy atom. The molecule has 122 valence electrons. The molecule has 1 atom stereocenters. The largest absolute Gasteiger partial charge is 0.348 e. The normalized spacial score (nSPS) is 17.0. The van der Waals surface area contributed by atoms with Gasteiger partial charge in [-0.2, -0.15) is 0 Å². The molecule has 1 N–H and O–H groups in total. The maximum atomic E-state index is 12.9. The van der Waals surface area contributed by atoms with Crippen LogP contribution in [0.3, 0.4) is 0 Å². The molecular formula is C19H25N3O. The van der Waals surface area contributed by atoms with E-state index >= 15 is 0 Å². The number of hydrogen-bond acceptors (Lipinski definition) is 1. The Hall–Kier alpha value is -2.23. The van der Waals surface area contributed by atoms with Gasteiger partial charge in [0.15, 0.2) is 0 Å². The molecule has 4 nitrogen and oxygen atoms in total. The number of urea groups is 1. The van der Waals surface area contributed by atoms with Gasteiger partial charge in [-0.15, -0.1) is 0 Å². The molecular weight excluding hydrogens is 286 g/mol. The van der Waals surface area contributed by atoms with E-state index in [0.29, 0.717) is 0 Å². The van der Waals surface area contributed by atoms with Gasteiger partial charge >= 0.3 is 6.03 Å². The van der Waals surface area contributed by atoms with Crippen LogP contribution in [0.25, 0.3) is 0 Å². The van der Waals surface area contributed by atoms with Crippen LogP contribution in [0.4, 0.5) is 10.5 Å². The Bertz CT molecular complexity index is 677. The highest BCUT2D eigenvalue weighted by molar-refractivity contribution is 5.90. The molecule has 4 heteroatoms. The van der Waals surface area contributed by atoms with E-state index < -0.39 is 0 Å². The Morgan fingerprint density at radius 2 is 2.00 bits per heavy atom. The minimum atomic E-state index is 0.0109. The van der Waals surface area contributed by atoms with Crippen LogP contribution >= 0.6 is 0 Å². The lowest BCUT2D eigenvalue weighted by Crippen LogP contribution is -2.44. The number of anilines is 1. The molecule has 1 aliphatic heterocycles. The number of benzene rings is 1. The first-order valence-electron chi connectivity index (χ1n) is 8.55. The van der Waals surface area contributed by atoms with Crippen LogP contribution in [-0.4, -0.2) is 22.0 Å². The molecule has 3 rings (SSSR count). The highest BCUT2D eigenvalue weighted by atomic mass is 16.2. The summed E-state index contributed by atoms with van der Waals surface area (Å²) in [6, 6.07) is 12.4. The number of rotatable bonds is 4. The number of carbonyl (C=O) groups excluding carboxylic acids is 1. The molecule has 0 bridgehead atoms. The molecule has 1 aliphatic rings. The number of fused-ring (bicyclic) bond motifs is 1. The second-order valence-electron chi connectivity index (χ2n) is 6.07. The van der Waals surface area contributed by atoms with Crippen LogP contribution in [0.1, 0.15) is 44.0 Å². The summed E-state index contributed by atoms with van der Waals surface area (Å²) in [5, 5.41) is 3.12.